The predicted molar refractivity (Wildman–Crippen MR) is 91.6 cm³/mol. The van der Waals surface area contributed by atoms with Crippen LogP contribution in [-0.4, -0.2) is 45.6 Å². The number of nitrogens with one attached hydrogen (secondary N) is 1. The molecule has 2 rings (SSSR count). The van der Waals surface area contributed by atoms with Crippen LogP contribution in [0.25, 0.3) is 0 Å². The summed E-state index contributed by atoms with van der Waals surface area (Å²) in [5, 5.41) is 22.4. The van der Waals surface area contributed by atoms with Crippen molar-refractivity contribution in [2.75, 3.05) is 18.4 Å². The Labute approximate surface area is 142 Å². The van der Waals surface area contributed by atoms with E-state index >= 15 is 0 Å². The summed E-state index contributed by atoms with van der Waals surface area (Å²) in [6.07, 6.45) is 1.61. The molecule has 0 saturated carbocycles. The third kappa shape index (κ3) is 4.71. The molecule has 0 bridgehead atoms. The first kappa shape index (κ1) is 18.3. The SMILES string of the molecule is CC[C@H]1CN(C(=O)CCC(=O)Nc2cccc(O)c2)CC[C@@]1(C)O. The number of rotatable bonds is 5. The standard InChI is InChI=1S/C18H26N2O4/c1-3-13-12-20(10-9-18(13,2)24)17(23)8-7-16(22)19-14-5-4-6-15(21)11-14/h4-6,11,13,21,24H,3,7-10,12H2,1-2H3,(H,19,22)/t13-,18+/m0/s1. The van der Waals surface area contributed by atoms with E-state index < -0.39 is 5.60 Å². The van der Waals surface area contributed by atoms with E-state index in [1.807, 2.05) is 13.8 Å². The highest BCUT2D eigenvalue weighted by Crippen LogP contribution is 2.30. The zero-order valence-electron chi connectivity index (χ0n) is 14.3. The molecule has 0 aliphatic carbocycles. The lowest BCUT2D eigenvalue weighted by atomic mass is 9.81. The first-order valence-electron chi connectivity index (χ1n) is 8.41. The molecule has 6 heteroatoms. The summed E-state index contributed by atoms with van der Waals surface area (Å²) >= 11 is 0. The lowest BCUT2D eigenvalue weighted by molar-refractivity contribution is -0.140. The highest BCUT2D eigenvalue weighted by Gasteiger charge is 2.37. The van der Waals surface area contributed by atoms with Gasteiger partial charge in [0.15, 0.2) is 0 Å². The maximum absolute atomic E-state index is 12.3. The van der Waals surface area contributed by atoms with Crippen molar-refractivity contribution in [1.82, 2.24) is 4.90 Å². The summed E-state index contributed by atoms with van der Waals surface area (Å²) in [6.45, 7) is 4.90. The molecule has 6 nitrogen and oxygen atoms in total. The van der Waals surface area contributed by atoms with Crippen LogP contribution in [0, 0.1) is 5.92 Å². The lowest BCUT2D eigenvalue weighted by Gasteiger charge is -2.42. The highest BCUT2D eigenvalue weighted by atomic mass is 16.3. The third-order valence-electron chi connectivity index (χ3n) is 4.75. The van der Waals surface area contributed by atoms with Gasteiger partial charge in [-0.15, -0.1) is 0 Å². The minimum absolute atomic E-state index is 0.0602. The summed E-state index contributed by atoms with van der Waals surface area (Å²) in [5.41, 5.74) is -0.217. The number of phenolic OH excluding ortho intramolecular Hbond substituents is 1. The van der Waals surface area contributed by atoms with Gasteiger partial charge < -0.3 is 20.4 Å². The molecule has 1 aromatic carbocycles. The van der Waals surface area contributed by atoms with Crippen molar-refractivity contribution in [3.8, 4) is 5.75 Å². The first-order chi connectivity index (χ1) is 11.3. The Bertz CT molecular complexity index is 600. The predicted octanol–water partition coefficient (Wildman–Crippen LogP) is 2.12. The lowest BCUT2D eigenvalue weighted by Crippen LogP contribution is -2.51. The number of amides is 2. The number of benzene rings is 1. The van der Waals surface area contributed by atoms with Gasteiger partial charge in [0, 0.05) is 43.6 Å². The molecule has 0 unspecified atom stereocenters. The van der Waals surface area contributed by atoms with Crippen LogP contribution in [0.5, 0.6) is 5.75 Å². The van der Waals surface area contributed by atoms with E-state index in [4.69, 9.17) is 0 Å². The second-order valence-electron chi connectivity index (χ2n) is 6.65. The number of piperidine rings is 1. The van der Waals surface area contributed by atoms with Crippen LogP contribution in [0.15, 0.2) is 24.3 Å². The largest absolute Gasteiger partial charge is 0.508 e. The second kappa shape index (κ2) is 7.66. The number of carbonyl (C=O) groups is 2. The number of likely N-dealkylation sites (tertiary alicyclic amines) is 1. The number of nitrogens with zero attached hydrogens (tertiary/aromatic N) is 1. The van der Waals surface area contributed by atoms with Crippen molar-refractivity contribution in [2.45, 2.75) is 45.1 Å². The smallest absolute Gasteiger partial charge is 0.224 e. The Balaban J connectivity index is 1.81. The average Bonchev–Trinajstić information content (AvgIpc) is 2.52. The van der Waals surface area contributed by atoms with E-state index in [0.29, 0.717) is 25.2 Å². The molecule has 1 aliphatic heterocycles. The normalized spacial score (nSPS) is 23.8. The van der Waals surface area contributed by atoms with E-state index in [9.17, 15) is 19.8 Å². The molecule has 24 heavy (non-hydrogen) atoms. The van der Waals surface area contributed by atoms with Crippen LogP contribution in [0.2, 0.25) is 0 Å². The molecular weight excluding hydrogens is 308 g/mol. The van der Waals surface area contributed by atoms with Crippen molar-refractivity contribution in [3.63, 3.8) is 0 Å². The summed E-state index contributed by atoms with van der Waals surface area (Å²) < 4.78 is 0. The fourth-order valence-corrected chi connectivity index (χ4v) is 3.10. The van der Waals surface area contributed by atoms with Crippen molar-refractivity contribution in [3.05, 3.63) is 24.3 Å². The van der Waals surface area contributed by atoms with Gasteiger partial charge in [-0.1, -0.05) is 13.0 Å². The summed E-state index contributed by atoms with van der Waals surface area (Å²) in [5.74, 6) is -0.175. The Morgan fingerprint density at radius 2 is 2.12 bits per heavy atom. The summed E-state index contributed by atoms with van der Waals surface area (Å²) in [7, 11) is 0. The molecule has 1 saturated heterocycles. The molecule has 1 fully saturated rings. The molecule has 0 spiro atoms. The van der Waals surface area contributed by atoms with Gasteiger partial charge >= 0.3 is 0 Å². The van der Waals surface area contributed by atoms with Crippen molar-refractivity contribution >= 4 is 17.5 Å². The number of aliphatic hydroxyl groups is 1. The molecule has 2 atom stereocenters. The van der Waals surface area contributed by atoms with E-state index in [-0.39, 0.29) is 36.3 Å². The van der Waals surface area contributed by atoms with Crippen molar-refractivity contribution in [2.24, 2.45) is 5.92 Å². The van der Waals surface area contributed by atoms with E-state index in [1.165, 1.54) is 12.1 Å². The van der Waals surface area contributed by atoms with Gasteiger partial charge in [-0.25, -0.2) is 0 Å². The Hall–Kier alpha value is -2.08. The molecule has 3 N–H and O–H groups in total. The molecule has 2 amide bonds. The number of hydrogen-bond acceptors (Lipinski definition) is 4. The number of aromatic hydroxyl groups is 1. The molecule has 1 heterocycles. The van der Waals surface area contributed by atoms with Gasteiger partial charge in [0.25, 0.3) is 0 Å². The van der Waals surface area contributed by atoms with Crippen LogP contribution >= 0.6 is 0 Å². The van der Waals surface area contributed by atoms with E-state index in [1.54, 1.807) is 17.0 Å². The topological polar surface area (TPSA) is 89.9 Å². The van der Waals surface area contributed by atoms with Gasteiger partial charge in [0.05, 0.1) is 5.60 Å². The monoisotopic (exact) mass is 334 g/mol. The van der Waals surface area contributed by atoms with Gasteiger partial charge in [-0.05, 0) is 31.9 Å². The highest BCUT2D eigenvalue weighted by molar-refractivity contribution is 5.93. The fourth-order valence-electron chi connectivity index (χ4n) is 3.10. The van der Waals surface area contributed by atoms with Crippen molar-refractivity contribution < 1.29 is 19.8 Å². The maximum atomic E-state index is 12.3. The molecule has 1 aliphatic rings. The van der Waals surface area contributed by atoms with Crippen LogP contribution in [0.1, 0.15) is 39.5 Å². The average molecular weight is 334 g/mol. The van der Waals surface area contributed by atoms with Gasteiger partial charge in [0.1, 0.15) is 5.75 Å². The van der Waals surface area contributed by atoms with Gasteiger partial charge in [-0.3, -0.25) is 9.59 Å². The third-order valence-corrected chi connectivity index (χ3v) is 4.75. The molecule has 1 aromatic rings. The number of phenols is 1. The summed E-state index contributed by atoms with van der Waals surface area (Å²) in [6, 6.07) is 6.30. The quantitative estimate of drug-likeness (QED) is 0.769. The second-order valence-corrected chi connectivity index (χ2v) is 6.65. The molecular formula is C18H26N2O4. The molecule has 0 aromatic heterocycles. The number of anilines is 1. The van der Waals surface area contributed by atoms with Crippen molar-refractivity contribution in [1.29, 1.82) is 0 Å². The van der Waals surface area contributed by atoms with Gasteiger partial charge in [-0.2, -0.15) is 0 Å². The zero-order valence-corrected chi connectivity index (χ0v) is 14.3. The minimum atomic E-state index is -0.724. The zero-order chi connectivity index (χ0) is 17.7. The van der Waals surface area contributed by atoms with Crippen LogP contribution in [0.4, 0.5) is 5.69 Å². The van der Waals surface area contributed by atoms with Crippen LogP contribution in [-0.2, 0) is 9.59 Å². The minimum Gasteiger partial charge on any atom is -0.508 e. The first-order valence-corrected chi connectivity index (χ1v) is 8.41. The van der Waals surface area contributed by atoms with E-state index in [2.05, 4.69) is 5.32 Å². The van der Waals surface area contributed by atoms with Crippen LogP contribution in [0.3, 0.4) is 0 Å². The Kier molecular flexibility index (Phi) is 5.83. The maximum Gasteiger partial charge on any atom is 0.224 e. The number of carbonyl (C=O) groups excluding carboxylic acids is 2. The Morgan fingerprint density at radius 1 is 1.38 bits per heavy atom. The van der Waals surface area contributed by atoms with E-state index in [0.717, 1.165) is 6.42 Å². The Morgan fingerprint density at radius 3 is 2.79 bits per heavy atom. The molecule has 0 radical (unpaired) electrons. The summed E-state index contributed by atoms with van der Waals surface area (Å²) in [4.78, 5) is 26.0. The molecule has 132 valence electrons. The van der Waals surface area contributed by atoms with Crippen LogP contribution < -0.4 is 5.32 Å². The van der Waals surface area contributed by atoms with Gasteiger partial charge in [0.2, 0.25) is 11.8 Å². The fraction of sp³-hybridized carbons (Fsp3) is 0.556. The number of hydrogen-bond donors (Lipinski definition) is 3.